The van der Waals surface area contributed by atoms with E-state index >= 15 is 0 Å². The largest absolute Gasteiger partial charge is 0.434 e. The lowest BCUT2D eigenvalue weighted by molar-refractivity contribution is 0.379. The molecule has 0 amide bonds. The van der Waals surface area contributed by atoms with Gasteiger partial charge in [0, 0.05) is 23.5 Å². The van der Waals surface area contributed by atoms with Gasteiger partial charge in [0.25, 0.3) is 0 Å². The highest BCUT2D eigenvalue weighted by atomic mass is 79.9. The van der Waals surface area contributed by atoms with E-state index in [-0.39, 0.29) is 11.5 Å². The van der Waals surface area contributed by atoms with Gasteiger partial charge in [0.2, 0.25) is 5.89 Å². The Labute approximate surface area is 133 Å². The van der Waals surface area contributed by atoms with Gasteiger partial charge in [-0.25, -0.2) is 14.3 Å². The van der Waals surface area contributed by atoms with Crippen molar-refractivity contribution in [3.05, 3.63) is 44.4 Å². The zero-order valence-corrected chi connectivity index (χ0v) is 13.1. The lowest BCUT2D eigenvalue weighted by Crippen LogP contribution is -2.33. The van der Waals surface area contributed by atoms with Crippen LogP contribution >= 0.6 is 15.9 Å². The van der Waals surface area contributed by atoms with Crippen LogP contribution in [0.2, 0.25) is 0 Å². The fourth-order valence-electron chi connectivity index (χ4n) is 2.65. The first-order valence-electron chi connectivity index (χ1n) is 6.78. The molecule has 1 aromatic heterocycles. The van der Waals surface area contributed by atoms with Crippen LogP contribution < -0.4 is 10.7 Å². The summed E-state index contributed by atoms with van der Waals surface area (Å²) in [6.07, 6.45) is 1.43. The molecule has 114 valence electrons. The summed E-state index contributed by atoms with van der Waals surface area (Å²) >= 11 is 3.28. The molecule has 0 spiro atoms. The molecule has 22 heavy (non-hydrogen) atoms. The monoisotopic (exact) mass is 366 g/mol. The lowest BCUT2D eigenvalue weighted by Gasteiger charge is -2.32. The number of nitrogens with one attached hydrogen (secondary N) is 1. The third-order valence-electron chi connectivity index (χ3n) is 3.80. The molecule has 2 heterocycles. The summed E-state index contributed by atoms with van der Waals surface area (Å²) in [7, 11) is 0. The van der Waals surface area contributed by atoms with E-state index in [1.54, 1.807) is 6.07 Å². The maximum absolute atomic E-state index is 14.1. The van der Waals surface area contributed by atoms with E-state index in [9.17, 15) is 9.18 Å². The molecule has 0 aliphatic carbocycles. The van der Waals surface area contributed by atoms with Crippen LogP contribution in [0.3, 0.4) is 0 Å². The number of nitrogens with zero attached hydrogens (tertiary/aromatic N) is 3. The Bertz CT molecular complexity index is 787. The van der Waals surface area contributed by atoms with Crippen LogP contribution in [0.4, 0.5) is 10.1 Å². The minimum atomic E-state index is -0.556. The van der Waals surface area contributed by atoms with Gasteiger partial charge in [0.1, 0.15) is 11.9 Å². The van der Waals surface area contributed by atoms with E-state index in [1.165, 1.54) is 6.07 Å². The summed E-state index contributed by atoms with van der Waals surface area (Å²) in [6, 6.07) is 4.80. The molecule has 2 aromatic rings. The molecule has 0 atom stereocenters. The van der Waals surface area contributed by atoms with Crippen molar-refractivity contribution in [2.24, 2.45) is 0 Å². The highest BCUT2D eigenvalue weighted by molar-refractivity contribution is 9.10. The van der Waals surface area contributed by atoms with Gasteiger partial charge in [-0.2, -0.15) is 5.26 Å². The number of nitriles is 1. The first-order chi connectivity index (χ1) is 10.6. The first kappa shape index (κ1) is 14.8. The van der Waals surface area contributed by atoms with Crippen molar-refractivity contribution >= 4 is 21.6 Å². The van der Waals surface area contributed by atoms with Gasteiger partial charge in [-0.1, -0.05) is 0 Å². The fourth-order valence-corrected chi connectivity index (χ4v) is 3.07. The maximum Gasteiger partial charge on any atom is 0.434 e. The van der Waals surface area contributed by atoms with E-state index in [2.05, 4.69) is 26.1 Å². The SMILES string of the molecule is N#Cc1cc(F)c(N2CCC(c3n[nH]c(=O)o3)CC2)cc1Br. The molecule has 1 aromatic carbocycles. The average molecular weight is 367 g/mol. The van der Waals surface area contributed by atoms with Crippen molar-refractivity contribution in [2.75, 3.05) is 18.0 Å². The van der Waals surface area contributed by atoms with Gasteiger partial charge in [-0.05, 0) is 40.9 Å². The summed E-state index contributed by atoms with van der Waals surface area (Å²) in [5.74, 6) is -0.504. The number of aromatic amines is 1. The van der Waals surface area contributed by atoms with Gasteiger partial charge in [0.05, 0.1) is 11.3 Å². The Kier molecular flexibility index (Phi) is 3.98. The molecule has 0 radical (unpaired) electrons. The van der Waals surface area contributed by atoms with Crippen molar-refractivity contribution in [3.8, 4) is 6.07 Å². The average Bonchev–Trinajstić information content (AvgIpc) is 2.96. The van der Waals surface area contributed by atoms with Gasteiger partial charge < -0.3 is 9.32 Å². The lowest BCUT2D eigenvalue weighted by atomic mass is 9.96. The minimum Gasteiger partial charge on any atom is -0.392 e. The first-order valence-corrected chi connectivity index (χ1v) is 7.57. The summed E-state index contributed by atoms with van der Waals surface area (Å²) in [5.41, 5.74) is 0.738. The minimum absolute atomic E-state index is 0.0556. The third-order valence-corrected chi connectivity index (χ3v) is 4.45. The molecule has 8 heteroatoms. The van der Waals surface area contributed by atoms with E-state index in [0.29, 0.717) is 42.0 Å². The molecule has 3 rings (SSSR count). The van der Waals surface area contributed by atoms with Crippen LogP contribution in [-0.2, 0) is 0 Å². The third kappa shape index (κ3) is 2.76. The topological polar surface area (TPSA) is 85.9 Å². The van der Waals surface area contributed by atoms with E-state index in [0.717, 1.165) is 0 Å². The van der Waals surface area contributed by atoms with Crippen molar-refractivity contribution in [1.29, 1.82) is 5.26 Å². The number of piperidine rings is 1. The van der Waals surface area contributed by atoms with Gasteiger partial charge >= 0.3 is 5.76 Å². The van der Waals surface area contributed by atoms with Crippen LogP contribution in [0.15, 0.2) is 25.8 Å². The predicted molar refractivity (Wildman–Crippen MR) is 80.1 cm³/mol. The molecule has 1 saturated heterocycles. The van der Waals surface area contributed by atoms with Crippen molar-refractivity contribution in [2.45, 2.75) is 18.8 Å². The molecule has 1 N–H and O–H groups in total. The molecular weight excluding hydrogens is 355 g/mol. The molecule has 6 nitrogen and oxygen atoms in total. The highest BCUT2D eigenvalue weighted by Crippen LogP contribution is 2.32. The highest BCUT2D eigenvalue weighted by Gasteiger charge is 2.26. The Hall–Kier alpha value is -2.14. The van der Waals surface area contributed by atoms with Gasteiger partial charge in [-0.15, -0.1) is 5.10 Å². The number of rotatable bonds is 2. The predicted octanol–water partition coefficient (Wildman–Crippen LogP) is 2.52. The van der Waals surface area contributed by atoms with E-state index < -0.39 is 11.6 Å². The number of benzene rings is 1. The Morgan fingerprint density at radius 1 is 1.45 bits per heavy atom. The second-order valence-corrected chi connectivity index (χ2v) is 5.96. The number of H-pyrrole nitrogens is 1. The Morgan fingerprint density at radius 3 is 2.77 bits per heavy atom. The zero-order valence-electron chi connectivity index (χ0n) is 11.5. The van der Waals surface area contributed by atoms with Crippen LogP contribution in [0.5, 0.6) is 0 Å². The van der Waals surface area contributed by atoms with Crippen molar-refractivity contribution < 1.29 is 8.81 Å². The van der Waals surface area contributed by atoms with Crippen LogP contribution in [0.1, 0.15) is 30.2 Å². The number of aromatic nitrogens is 2. The quantitative estimate of drug-likeness (QED) is 0.882. The molecule has 1 aliphatic heterocycles. The molecule has 0 bridgehead atoms. The van der Waals surface area contributed by atoms with Crippen LogP contribution in [0.25, 0.3) is 0 Å². The molecular formula is C14H12BrFN4O2. The summed E-state index contributed by atoms with van der Waals surface area (Å²) in [4.78, 5) is 12.9. The number of hydrogen-bond acceptors (Lipinski definition) is 5. The summed E-state index contributed by atoms with van der Waals surface area (Å²) in [5, 5.41) is 15.0. The van der Waals surface area contributed by atoms with Gasteiger partial charge in [0.15, 0.2) is 0 Å². The van der Waals surface area contributed by atoms with E-state index in [4.69, 9.17) is 9.68 Å². The number of hydrogen-bond donors (Lipinski definition) is 1. The van der Waals surface area contributed by atoms with Crippen LogP contribution in [0, 0.1) is 17.1 Å². The van der Waals surface area contributed by atoms with E-state index in [1.807, 2.05) is 11.0 Å². The molecule has 1 aliphatic rings. The number of anilines is 1. The van der Waals surface area contributed by atoms with Crippen molar-refractivity contribution in [3.63, 3.8) is 0 Å². The smallest absolute Gasteiger partial charge is 0.392 e. The van der Waals surface area contributed by atoms with Crippen molar-refractivity contribution in [1.82, 2.24) is 10.2 Å². The Morgan fingerprint density at radius 2 is 2.18 bits per heavy atom. The second-order valence-electron chi connectivity index (χ2n) is 5.11. The van der Waals surface area contributed by atoms with Crippen LogP contribution in [-0.4, -0.2) is 23.3 Å². The maximum atomic E-state index is 14.1. The standard InChI is InChI=1S/C14H12BrFN4O2/c15-10-6-12(11(16)5-9(10)7-17)20-3-1-8(2-4-20)13-18-19-14(21)22-13/h5-6,8H,1-4H2,(H,19,21). The number of halogens is 2. The molecule has 0 saturated carbocycles. The summed E-state index contributed by atoms with van der Waals surface area (Å²) in [6.45, 7) is 1.24. The van der Waals surface area contributed by atoms with Gasteiger partial charge in [-0.3, -0.25) is 0 Å². The zero-order chi connectivity index (χ0) is 15.7. The normalized spacial score (nSPS) is 15.8. The second kappa shape index (κ2) is 5.93. The molecule has 1 fully saturated rings. The Balaban J connectivity index is 1.75. The molecule has 0 unspecified atom stereocenters. The summed E-state index contributed by atoms with van der Waals surface area (Å²) < 4.78 is 19.7. The fraction of sp³-hybridized carbons (Fsp3) is 0.357.